The molecule has 0 fully saturated rings. The summed E-state index contributed by atoms with van der Waals surface area (Å²) in [4.78, 5) is 5.15. The van der Waals surface area contributed by atoms with Crippen LogP contribution in [0.15, 0.2) is 109 Å². The summed E-state index contributed by atoms with van der Waals surface area (Å²) in [6.45, 7) is 1.56. The van der Waals surface area contributed by atoms with E-state index in [1.807, 2.05) is 65.2 Å². The van der Waals surface area contributed by atoms with Gasteiger partial charge in [0, 0.05) is 10.8 Å². The Morgan fingerprint density at radius 1 is 0.436 bits per heavy atom. The lowest BCUT2D eigenvalue weighted by molar-refractivity contribution is 0.0750. The molecule has 0 aliphatic rings. The molecule has 6 heteroatoms. The van der Waals surface area contributed by atoms with Gasteiger partial charge in [0.15, 0.2) is 0 Å². The van der Waals surface area contributed by atoms with Crippen molar-refractivity contribution in [3.63, 3.8) is 0 Å². The highest BCUT2D eigenvalue weighted by Gasteiger charge is 2.25. The molecule has 292 valence electrons. The number of rotatable bonds is 26. The van der Waals surface area contributed by atoms with Crippen LogP contribution in [-0.4, -0.2) is 33.0 Å². The Hall–Kier alpha value is -4.39. The van der Waals surface area contributed by atoms with Crippen molar-refractivity contribution in [2.75, 3.05) is 13.2 Å². The second-order valence-electron chi connectivity index (χ2n) is 15.2. The molecule has 0 aliphatic carbocycles. The molecule has 6 aromatic rings. The van der Waals surface area contributed by atoms with Crippen LogP contribution >= 0.6 is 0 Å². The first-order valence-electron chi connectivity index (χ1n) is 21.2. The Labute approximate surface area is 328 Å². The van der Waals surface area contributed by atoms with Gasteiger partial charge in [0.25, 0.3) is 0 Å². The Kier molecular flexibility index (Phi) is 16.3. The molecular formula is C49H62N2O4. The number of para-hydroxylation sites is 2. The second-order valence-corrected chi connectivity index (χ2v) is 15.2. The number of nitrogens with zero attached hydrogens (tertiary/aromatic N) is 2. The van der Waals surface area contributed by atoms with Gasteiger partial charge < -0.3 is 19.7 Å². The molecule has 0 saturated heterocycles. The molecule has 1 aromatic heterocycles. The number of benzene rings is 5. The number of ether oxygens (including phenoxy) is 2. The van der Waals surface area contributed by atoms with Gasteiger partial charge in [-0.2, -0.15) is 0 Å². The number of fused-ring (bicyclic) bond motifs is 6. The van der Waals surface area contributed by atoms with Crippen LogP contribution in [0.4, 0.5) is 0 Å². The number of aliphatic hydroxyl groups is 2. The summed E-state index contributed by atoms with van der Waals surface area (Å²) in [5.41, 5.74) is 1.80. The molecule has 0 radical (unpaired) electrons. The molecule has 5 aromatic carbocycles. The van der Waals surface area contributed by atoms with Crippen LogP contribution in [0.1, 0.15) is 134 Å². The fourth-order valence-electron chi connectivity index (χ4n) is 7.94. The molecule has 6 rings (SSSR count). The Morgan fingerprint density at radius 3 is 1.36 bits per heavy atom. The molecule has 0 amide bonds. The molecule has 2 atom stereocenters. The highest BCUT2D eigenvalue weighted by atomic mass is 16.5. The van der Waals surface area contributed by atoms with E-state index in [9.17, 15) is 10.2 Å². The zero-order valence-electron chi connectivity index (χ0n) is 32.8. The summed E-state index contributed by atoms with van der Waals surface area (Å²) in [6, 6.07) is 36.9. The summed E-state index contributed by atoms with van der Waals surface area (Å²) < 4.78 is 13.6. The smallest absolute Gasteiger partial charge is 0.141 e. The average molecular weight is 743 g/mol. The van der Waals surface area contributed by atoms with Gasteiger partial charge in [0.2, 0.25) is 0 Å². The number of imidazole rings is 1. The number of hydrogen-bond acceptors (Lipinski definition) is 5. The highest BCUT2D eigenvalue weighted by molar-refractivity contribution is 6.23. The number of aromatic nitrogens is 2. The minimum absolute atomic E-state index is 0.595. The molecule has 0 aliphatic heterocycles. The standard InChI is InChI=1S/C49H62N2O4/c52-45(35-19-9-5-1-3-7-11-25-37-54-39-27-15-13-16-28-39)49-50-47-43-33-23-21-31-41(43)42-32-22-24-34-44(42)48(47)51(49)46(53)36-20-10-6-2-4-8-12-26-38-55-40-29-17-14-18-30-40/h13-18,21-24,27-34,45-46,52-53H,1-12,19-20,25-26,35-38H2. The van der Waals surface area contributed by atoms with Crippen LogP contribution in [0, 0.1) is 0 Å². The predicted octanol–water partition coefficient (Wildman–Crippen LogP) is 13.0. The van der Waals surface area contributed by atoms with Gasteiger partial charge in [-0.15, -0.1) is 0 Å². The zero-order valence-corrected chi connectivity index (χ0v) is 32.8. The third kappa shape index (κ3) is 11.8. The average Bonchev–Trinajstić information content (AvgIpc) is 3.64. The molecular weight excluding hydrogens is 681 g/mol. The van der Waals surface area contributed by atoms with Crippen molar-refractivity contribution in [1.29, 1.82) is 0 Å². The second kappa shape index (κ2) is 22.2. The van der Waals surface area contributed by atoms with Crippen molar-refractivity contribution >= 4 is 32.6 Å². The van der Waals surface area contributed by atoms with Gasteiger partial charge in [0.1, 0.15) is 29.7 Å². The highest BCUT2D eigenvalue weighted by Crippen LogP contribution is 2.39. The van der Waals surface area contributed by atoms with E-state index in [1.54, 1.807) is 0 Å². The molecule has 2 unspecified atom stereocenters. The maximum atomic E-state index is 11.9. The quantitative estimate of drug-likeness (QED) is 0.0427. The topological polar surface area (TPSA) is 76.7 Å². The predicted molar refractivity (Wildman–Crippen MR) is 228 cm³/mol. The van der Waals surface area contributed by atoms with Crippen LogP contribution in [0.25, 0.3) is 32.6 Å². The first kappa shape index (κ1) is 40.3. The van der Waals surface area contributed by atoms with Crippen molar-refractivity contribution in [2.24, 2.45) is 0 Å². The Morgan fingerprint density at radius 2 is 0.836 bits per heavy atom. The normalized spacial score (nSPS) is 12.8. The van der Waals surface area contributed by atoms with Gasteiger partial charge in [-0.3, -0.25) is 4.57 Å². The van der Waals surface area contributed by atoms with Gasteiger partial charge in [-0.1, -0.05) is 168 Å². The molecule has 2 N–H and O–H groups in total. The van der Waals surface area contributed by atoms with Gasteiger partial charge in [-0.25, -0.2) is 4.98 Å². The SMILES string of the molecule is OC(CCCCCCCCCCOc1ccccc1)c1nc2c3ccccc3c3ccccc3c2n1C(O)CCCCCCCCCCOc1ccccc1. The van der Waals surface area contributed by atoms with Crippen LogP contribution in [0.3, 0.4) is 0 Å². The lowest BCUT2D eigenvalue weighted by Crippen LogP contribution is -2.15. The summed E-state index contributed by atoms with van der Waals surface area (Å²) >= 11 is 0. The maximum Gasteiger partial charge on any atom is 0.141 e. The van der Waals surface area contributed by atoms with Crippen molar-refractivity contribution < 1.29 is 19.7 Å². The molecule has 6 nitrogen and oxygen atoms in total. The Balaban J connectivity index is 0.978. The van der Waals surface area contributed by atoms with E-state index in [0.29, 0.717) is 18.7 Å². The number of unbranched alkanes of at least 4 members (excludes halogenated alkanes) is 14. The monoisotopic (exact) mass is 742 g/mol. The Bertz CT molecular complexity index is 1980. The minimum atomic E-state index is -0.748. The molecule has 0 spiro atoms. The van der Waals surface area contributed by atoms with E-state index >= 15 is 0 Å². The van der Waals surface area contributed by atoms with Crippen LogP contribution < -0.4 is 9.47 Å². The fraction of sp³-hybridized carbons (Fsp3) is 0.449. The van der Waals surface area contributed by atoms with E-state index in [2.05, 4.69) is 48.5 Å². The van der Waals surface area contributed by atoms with E-state index in [1.165, 1.54) is 64.2 Å². The van der Waals surface area contributed by atoms with Gasteiger partial charge in [0.05, 0.1) is 24.2 Å². The summed E-state index contributed by atoms with van der Waals surface area (Å²) in [7, 11) is 0. The van der Waals surface area contributed by atoms with Crippen LogP contribution in [0.2, 0.25) is 0 Å². The molecule has 55 heavy (non-hydrogen) atoms. The lowest BCUT2D eigenvalue weighted by atomic mass is 10.00. The van der Waals surface area contributed by atoms with Gasteiger partial charge >= 0.3 is 0 Å². The van der Waals surface area contributed by atoms with Gasteiger partial charge in [-0.05, 0) is 67.1 Å². The summed E-state index contributed by atoms with van der Waals surface area (Å²) in [5, 5.41) is 28.0. The third-order valence-corrected chi connectivity index (χ3v) is 10.9. The van der Waals surface area contributed by atoms with Crippen molar-refractivity contribution in [2.45, 2.75) is 128 Å². The summed E-state index contributed by atoms with van der Waals surface area (Å²) in [5.74, 6) is 2.50. The third-order valence-electron chi connectivity index (χ3n) is 10.9. The molecule has 1 heterocycles. The largest absolute Gasteiger partial charge is 0.494 e. The van der Waals surface area contributed by atoms with Crippen molar-refractivity contribution in [1.82, 2.24) is 9.55 Å². The first-order valence-corrected chi connectivity index (χ1v) is 21.2. The van der Waals surface area contributed by atoms with Crippen molar-refractivity contribution in [3.8, 4) is 11.5 Å². The summed E-state index contributed by atoms with van der Waals surface area (Å²) in [6.07, 6.45) is 18.1. The number of aliphatic hydroxyl groups excluding tert-OH is 2. The van der Waals surface area contributed by atoms with E-state index < -0.39 is 12.3 Å². The fourth-order valence-corrected chi connectivity index (χ4v) is 7.94. The van der Waals surface area contributed by atoms with E-state index in [-0.39, 0.29) is 0 Å². The van der Waals surface area contributed by atoms with E-state index in [4.69, 9.17) is 14.5 Å². The van der Waals surface area contributed by atoms with Crippen LogP contribution in [0.5, 0.6) is 11.5 Å². The van der Waals surface area contributed by atoms with Crippen LogP contribution in [-0.2, 0) is 0 Å². The zero-order chi connectivity index (χ0) is 37.9. The molecule has 0 saturated carbocycles. The van der Waals surface area contributed by atoms with Crippen molar-refractivity contribution in [3.05, 3.63) is 115 Å². The van der Waals surface area contributed by atoms with E-state index in [0.717, 1.165) is 95.8 Å². The minimum Gasteiger partial charge on any atom is -0.494 e. The lowest BCUT2D eigenvalue weighted by Gasteiger charge is -2.20. The molecule has 0 bridgehead atoms. The maximum absolute atomic E-state index is 11.9. The first-order chi connectivity index (χ1) is 27.2. The number of hydrogen-bond donors (Lipinski definition) is 2.